The highest BCUT2D eigenvalue weighted by atomic mass is 16.5. The summed E-state index contributed by atoms with van der Waals surface area (Å²) in [6, 6.07) is 7.49. The Balaban J connectivity index is 2.52. The molecule has 1 amide bonds. The van der Waals surface area contributed by atoms with Crippen molar-refractivity contribution < 1.29 is 14.3 Å². The van der Waals surface area contributed by atoms with Crippen molar-refractivity contribution in [3.05, 3.63) is 35.4 Å². The molecule has 0 fully saturated rings. The Labute approximate surface area is 120 Å². The molecule has 0 aliphatic heterocycles. The predicted molar refractivity (Wildman–Crippen MR) is 78.3 cm³/mol. The largest absolute Gasteiger partial charge is 0.467 e. The highest BCUT2D eigenvalue weighted by Crippen LogP contribution is 2.08. The van der Waals surface area contributed by atoms with E-state index in [1.54, 1.807) is 0 Å². The van der Waals surface area contributed by atoms with Gasteiger partial charge < -0.3 is 10.1 Å². The fourth-order valence-electron chi connectivity index (χ4n) is 2.00. The number of carbonyl (C=O) groups excluding carboxylic acids is 2. The van der Waals surface area contributed by atoms with Gasteiger partial charge in [-0.25, -0.2) is 4.79 Å². The topological polar surface area (TPSA) is 55.4 Å². The van der Waals surface area contributed by atoms with Crippen LogP contribution in [-0.2, 0) is 20.7 Å². The van der Waals surface area contributed by atoms with Crippen molar-refractivity contribution in [3.63, 3.8) is 0 Å². The molecule has 0 aliphatic carbocycles. The number of esters is 1. The van der Waals surface area contributed by atoms with E-state index < -0.39 is 12.0 Å². The predicted octanol–water partition coefficient (Wildman–Crippen LogP) is 2.24. The number of benzene rings is 1. The van der Waals surface area contributed by atoms with E-state index in [1.165, 1.54) is 12.7 Å². The molecule has 0 saturated heterocycles. The molecule has 110 valence electrons. The molecule has 4 heteroatoms. The molecule has 0 spiro atoms. The summed E-state index contributed by atoms with van der Waals surface area (Å²) in [4.78, 5) is 23.5. The number of hydrogen-bond donors (Lipinski definition) is 1. The molecule has 1 unspecified atom stereocenters. The van der Waals surface area contributed by atoms with Gasteiger partial charge in [0.15, 0.2) is 0 Å². The van der Waals surface area contributed by atoms with Crippen LogP contribution >= 0.6 is 0 Å². The van der Waals surface area contributed by atoms with Gasteiger partial charge in [-0.1, -0.05) is 43.7 Å². The molecule has 20 heavy (non-hydrogen) atoms. The van der Waals surface area contributed by atoms with Gasteiger partial charge in [0.2, 0.25) is 5.91 Å². The van der Waals surface area contributed by atoms with Crippen molar-refractivity contribution in [2.45, 2.75) is 39.7 Å². The summed E-state index contributed by atoms with van der Waals surface area (Å²) >= 11 is 0. The normalized spacial score (nSPS) is 12.1. The molecule has 0 radical (unpaired) electrons. The SMILES string of the molecule is COC(=O)C(NC(=O)CCc1cccc(C)c1)C(C)C. The van der Waals surface area contributed by atoms with Gasteiger partial charge in [-0.15, -0.1) is 0 Å². The van der Waals surface area contributed by atoms with E-state index in [1.807, 2.05) is 39.0 Å². The molecule has 4 nitrogen and oxygen atoms in total. The van der Waals surface area contributed by atoms with Gasteiger partial charge >= 0.3 is 5.97 Å². The molecule has 0 saturated carbocycles. The molecule has 0 aliphatic rings. The van der Waals surface area contributed by atoms with E-state index in [-0.39, 0.29) is 11.8 Å². The highest BCUT2D eigenvalue weighted by Gasteiger charge is 2.24. The number of ether oxygens (including phenoxy) is 1. The Morgan fingerprint density at radius 3 is 2.55 bits per heavy atom. The number of amides is 1. The first-order chi connectivity index (χ1) is 9.43. The van der Waals surface area contributed by atoms with Crippen molar-refractivity contribution in [2.75, 3.05) is 7.11 Å². The third-order valence-corrected chi connectivity index (χ3v) is 3.16. The van der Waals surface area contributed by atoms with Crippen LogP contribution in [0.3, 0.4) is 0 Å². The molecule has 1 N–H and O–H groups in total. The standard InChI is InChI=1S/C16H23NO3/c1-11(2)15(16(19)20-4)17-14(18)9-8-13-7-5-6-12(3)10-13/h5-7,10-11,15H,8-9H2,1-4H3,(H,17,18). The number of nitrogens with one attached hydrogen (secondary N) is 1. The van der Waals surface area contributed by atoms with E-state index in [0.29, 0.717) is 12.8 Å². The maximum absolute atomic E-state index is 11.9. The van der Waals surface area contributed by atoms with Crippen molar-refractivity contribution in [1.82, 2.24) is 5.32 Å². The zero-order valence-electron chi connectivity index (χ0n) is 12.6. The van der Waals surface area contributed by atoms with Crippen LogP contribution in [0.2, 0.25) is 0 Å². The maximum Gasteiger partial charge on any atom is 0.328 e. The summed E-state index contributed by atoms with van der Waals surface area (Å²) in [5.74, 6) is -0.523. The lowest BCUT2D eigenvalue weighted by Gasteiger charge is -2.19. The zero-order valence-corrected chi connectivity index (χ0v) is 12.6. The average molecular weight is 277 g/mol. The Morgan fingerprint density at radius 2 is 2.00 bits per heavy atom. The molecular weight excluding hydrogens is 254 g/mol. The number of aryl methyl sites for hydroxylation is 2. The summed E-state index contributed by atoms with van der Waals surface area (Å²) in [6.45, 7) is 5.78. The second-order valence-electron chi connectivity index (χ2n) is 5.30. The first-order valence-electron chi connectivity index (χ1n) is 6.86. The van der Waals surface area contributed by atoms with Gasteiger partial charge in [0.25, 0.3) is 0 Å². The fraction of sp³-hybridized carbons (Fsp3) is 0.500. The number of carbonyl (C=O) groups is 2. The second-order valence-corrected chi connectivity index (χ2v) is 5.30. The van der Waals surface area contributed by atoms with Crippen LogP contribution < -0.4 is 5.32 Å². The van der Waals surface area contributed by atoms with Gasteiger partial charge in [-0.3, -0.25) is 4.79 Å². The quantitative estimate of drug-likeness (QED) is 0.811. The zero-order chi connectivity index (χ0) is 15.1. The fourth-order valence-corrected chi connectivity index (χ4v) is 2.00. The van der Waals surface area contributed by atoms with Crippen LogP contribution in [0.25, 0.3) is 0 Å². The first-order valence-corrected chi connectivity index (χ1v) is 6.86. The third kappa shape index (κ3) is 5.03. The summed E-state index contributed by atoms with van der Waals surface area (Å²) in [5.41, 5.74) is 2.30. The lowest BCUT2D eigenvalue weighted by Crippen LogP contribution is -2.45. The summed E-state index contributed by atoms with van der Waals surface area (Å²) in [7, 11) is 1.33. The molecule has 1 atom stereocenters. The van der Waals surface area contributed by atoms with E-state index in [0.717, 1.165) is 5.56 Å². The molecule has 1 aromatic rings. The Bertz CT molecular complexity index is 469. The highest BCUT2D eigenvalue weighted by molar-refractivity contribution is 5.84. The third-order valence-electron chi connectivity index (χ3n) is 3.16. The van der Waals surface area contributed by atoms with E-state index >= 15 is 0 Å². The molecule has 0 bridgehead atoms. The molecule has 0 heterocycles. The Morgan fingerprint density at radius 1 is 1.30 bits per heavy atom. The van der Waals surface area contributed by atoms with Gasteiger partial charge in [0.05, 0.1) is 7.11 Å². The molecule has 1 rings (SSSR count). The van der Waals surface area contributed by atoms with Gasteiger partial charge in [-0.2, -0.15) is 0 Å². The number of methoxy groups -OCH3 is 1. The first kappa shape index (κ1) is 16.2. The van der Waals surface area contributed by atoms with Gasteiger partial charge in [0, 0.05) is 6.42 Å². The monoisotopic (exact) mass is 277 g/mol. The minimum atomic E-state index is -0.579. The summed E-state index contributed by atoms with van der Waals surface area (Å²) in [6.07, 6.45) is 1.03. The van der Waals surface area contributed by atoms with Crippen molar-refractivity contribution in [1.29, 1.82) is 0 Å². The minimum absolute atomic E-state index is 0.00497. The van der Waals surface area contributed by atoms with E-state index in [4.69, 9.17) is 4.74 Å². The second kappa shape index (κ2) is 7.68. The Kier molecular flexibility index (Phi) is 6.22. The molecule has 1 aromatic carbocycles. The lowest BCUT2D eigenvalue weighted by atomic mass is 10.0. The van der Waals surface area contributed by atoms with E-state index in [9.17, 15) is 9.59 Å². The van der Waals surface area contributed by atoms with Gasteiger partial charge in [0.1, 0.15) is 6.04 Å². The van der Waals surface area contributed by atoms with Crippen LogP contribution in [0.15, 0.2) is 24.3 Å². The average Bonchev–Trinajstić information content (AvgIpc) is 2.41. The lowest BCUT2D eigenvalue weighted by molar-refractivity contribution is -0.146. The van der Waals surface area contributed by atoms with Crippen LogP contribution in [0.4, 0.5) is 0 Å². The van der Waals surface area contributed by atoms with Crippen LogP contribution in [0.1, 0.15) is 31.4 Å². The van der Waals surface area contributed by atoms with E-state index in [2.05, 4.69) is 11.4 Å². The number of rotatable bonds is 6. The van der Waals surface area contributed by atoms with Crippen molar-refractivity contribution >= 4 is 11.9 Å². The van der Waals surface area contributed by atoms with Crippen LogP contribution in [0.5, 0.6) is 0 Å². The summed E-state index contributed by atoms with van der Waals surface area (Å²) in [5, 5.41) is 2.74. The smallest absolute Gasteiger partial charge is 0.328 e. The number of hydrogen-bond acceptors (Lipinski definition) is 3. The van der Waals surface area contributed by atoms with Crippen LogP contribution in [0, 0.1) is 12.8 Å². The van der Waals surface area contributed by atoms with Crippen molar-refractivity contribution in [3.8, 4) is 0 Å². The van der Waals surface area contributed by atoms with Crippen molar-refractivity contribution in [2.24, 2.45) is 5.92 Å². The minimum Gasteiger partial charge on any atom is -0.467 e. The summed E-state index contributed by atoms with van der Waals surface area (Å²) < 4.78 is 4.70. The Hall–Kier alpha value is -1.84. The molecular formula is C16H23NO3. The van der Waals surface area contributed by atoms with Gasteiger partial charge in [-0.05, 0) is 24.8 Å². The van der Waals surface area contributed by atoms with Crippen LogP contribution in [-0.4, -0.2) is 25.0 Å². The molecule has 0 aromatic heterocycles. The maximum atomic E-state index is 11.9.